The van der Waals surface area contributed by atoms with Crippen LogP contribution < -0.4 is 10.2 Å². The van der Waals surface area contributed by atoms with Crippen LogP contribution in [0.25, 0.3) is 5.69 Å². The number of nitrogens with one attached hydrogen (secondary N) is 1. The van der Waals surface area contributed by atoms with Gasteiger partial charge in [0.2, 0.25) is 0 Å². The van der Waals surface area contributed by atoms with Crippen molar-refractivity contribution in [1.82, 2.24) is 34.7 Å². The molecule has 28 heavy (non-hydrogen) atoms. The molecular formula is C18H23N9O. The lowest BCUT2D eigenvalue weighted by molar-refractivity contribution is 0.102. The van der Waals surface area contributed by atoms with E-state index in [0.717, 1.165) is 37.7 Å². The number of carbonyl (C=O) groups excluding carboxylic acids is 1. The molecule has 0 aliphatic carbocycles. The van der Waals surface area contributed by atoms with Crippen molar-refractivity contribution >= 4 is 17.4 Å². The molecule has 3 aromatic heterocycles. The summed E-state index contributed by atoms with van der Waals surface area (Å²) in [5, 5.41) is 15.1. The van der Waals surface area contributed by atoms with Crippen LogP contribution in [-0.4, -0.2) is 73.8 Å². The number of hydrogen-bond donors (Lipinski definition) is 1. The van der Waals surface area contributed by atoms with Gasteiger partial charge in [-0.05, 0) is 26.1 Å². The molecule has 1 aliphatic rings. The molecule has 1 amide bonds. The van der Waals surface area contributed by atoms with Crippen LogP contribution in [0, 0.1) is 6.92 Å². The quantitative estimate of drug-likeness (QED) is 0.711. The van der Waals surface area contributed by atoms with E-state index in [4.69, 9.17) is 0 Å². The normalized spacial score (nSPS) is 15.0. The van der Waals surface area contributed by atoms with E-state index < -0.39 is 0 Å². The first-order valence-corrected chi connectivity index (χ1v) is 9.13. The molecule has 0 spiro atoms. The van der Waals surface area contributed by atoms with Crippen LogP contribution in [0.1, 0.15) is 16.2 Å². The van der Waals surface area contributed by atoms with Crippen LogP contribution in [-0.2, 0) is 7.05 Å². The van der Waals surface area contributed by atoms with E-state index in [2.05, 4.69) is 42.6 Å². The average molecular weight is 381 g/mol. The highest BCUT2D eigenvalue weighted by atomic mass is 16.2. The minimum Gasteiger partial charge on any atom is -0.354 e. The number of anilines is 2. The van der Waals surface area contributed by atoms with Crippen LogP contribution in [0.4, 0.5) is 11.5 Å². The lowest BCUT2D eigenvalue weighted by Gasteiger charge is -2.33. The minimum absolute atomic E-state index is 0.270. The van der Waals surface area contributed by atoms with E-state index in [1.807, 2.05) is 25.4 Å². The van der Waals surface area contributed by atoms with Gasteiger partial charge in [-0.15, -0.1) is 5.10 Å². The van der Waals surface area contributed by atoms with Gasteiger partial charge in [0.15, 0.2) is 5.69 Å². The fourth-order valence-corrected chi connectivity index (χ4v) is 3.17. The monoisotopic (exact) mass is 381 g/mol. The van der Waals surface area contributed by atoms with Gasteiger partial charge in [0, 0.05) is 33.2 Å². The highest BCUT2D eigenvalue weighted by Crippen LogP contribution is 2.17. The first-order valence-electron chi connectivity index (χ1n) is 9.13. The lowest BCUT2D eigenvalue weighted by atomic mass is 10.3. The second-order valence-electron chi connectivity index (χ2n) is 6.96. The first-order chi connectivity index (χ1) is 13.5. The maximum Gasteiger partial charge on any atom is 0.278 e. The fourth-order valence-electron chi connectivity index (χ4n) is 3.17. The third-order valence-corrected chi connectivity index (χ3v) is 4.88. The number of aryl methyl sites for hydroxylation is 1. The Kier molecular flexibility index (Phi) is 4.78. The van der Waals surface area contributed by atoms with Crippen LogP contribution >= 0.6 is 0 Å². The van der Waals surface area contributed by atoms with Crippen LogP contribution in [0.5, 0.6) is 0 Å². The van der Waals surface area contributed by atoms with Crippen molar-refractivity contribution in [2.24, 2.45) is 7.05 Å². The molecule has 0 atom stereocenters. The predicted octanol–water partition coefficient (Wildman–Crippen LogP) is 0.708. The summed E-state index contributed by atoms with van der Waals surface area (Å²) in [6.07, 6.45) is 5.15. The largest absolute Gasteiger partial charge is 0.354 e. The zero-order valence-electron chi connectivity index (χ0n) is 16.2. The Morgan fingerprint density at radius 3 is 2.54 bits per heavy atom. The summed E-state index contributed by atoms with van der Waals surface area (Å²) in [4.78, 5) is 21.7. The van der Waals surface area contributed by atoms with Gasteiger partial charge in [-0.25, -0.2) is 9.67 Å². The Balaban J connectivity index is 1.45. The maximum atomic E-state index is 12.6. The van der Waals surface area contributed by atoms with E-state index in [-0.39, 0.29) is 11.6 Å². The first kappa shape index (κ1) is 18.1. The molecule has 1 N–H and O–H groups in total. The third-order valence-electron chi connectivity index (χ3n) is 4.88. The minimum atomic E-state index is -0.318. The standard InChI is InChI=1S/C18H23N9O/c1-13-17(22-23-27(13)15-11-20-25(3)12-15)18(28)21-14-4-5-16(19-10-14)26-8-6-24(2)7-9-26/h4-5,10-12H,6-9H2,1-3H3,(H,21,28). The Bertz CT molecular complexity index is 967. The van der Waals surface area contributed by atoms with Crippen molar-refractivity contribution in [2.45, 2.75) is 6.92 Å². The molecular weight excluding hydrogens is 358 g/mol. The summed E-state index contributed by atoms with van der Waals surface area (Å²) in [6.45, 7) is 5.74. The van der Waals surface area contributed by atoms with Crippen molar-refractivity contribution in [3.8, 4) is 5.69 Å². The molecule has 0 unspecified atom stereocenters. The molecule has 1 fully saturated rings. The Labute approximate surface area is 162 Å². The van der Waals surface area contributed by atoms with Gasteiger partial charge in [-0.1, -0.05) is 5.21 Å². The number of piperazine rings is 1. The molecule has 1 saturated heterocycles. The molecule has 1 aliphatic heterocycles. The number of hydrogen-bond acceptors (Lipinski definition) is 7. The van der Waals surface area contributed by atoms with Gasteiger partial charge in [-0.3, -0.25) is 9.48 Å². The Morgan fingerprint density at radius 2 is 1.89 bits per heavy atom. The summed E-state index contributed by atoms with van der Waals surface area (Å²) in [7, 11) is 3.94. The topological polar surface area (TPSA) is 97.0 Å². The number of pyridine rings is 1. The van der Waals surface area contributed by atoms with E-state index in [1.165, 1.54) is 0 Å². The Morgan fingerprint density at radius 1 is 1.11 bits per heavy atom. The fraction of sp³-hybridized carbons (Fsp3) is 0.389. The second-order valence-corrected chi connectivity index (χ2v) is 6.96. The van der Waals surface area contributed by atoms with Gasteiger partial charge >= 0.3 is 0 Å². The number of nitrogens with zero attached hydrogens (tertiary/aromatic N) is 8. The van der Waals surface area contributed by atoms with Crippen LogP contribution in [0.15, 0.2) is 30.7 Å². The number of amides is 1. The number of likely N-dealkylation sites (N-methyl/N-ethyl adjacent to an activating group) is 1. The number of aromatic nitrogens is 6. The summed E-state index contributed by atoms with van der Waals surface area (Å²) < 4.78 is 3.26. The van der Waals surface area contributed by atoms with E-state index in [1.54, 1.807) is 28.7 Å². The van der Waals surface area contributed by atoms with Gasteiger partial charge in [0.05, 0.1) is 30.0 Å². The SMILES string of the molecule is Cc1c(C(=O)Nc2ccc(N3CCN(C)CC3)nc2)nnn1-c1cnn(C)c1. The van der Waals surface area contributed by atoms with Crippen LogP contribution in [0.2, 0.25) is 0 Å². The van der Waals surface area contributed by atoms with Crippen molar-refractivity contribution < 1.29 is 4.79 Å². The molecule has 146 valence electrons. The maximum absolute atomic E-state index is 12.6. The summed E-state index contributed by atoms with van der Waals surface area (Å²) in [6, 6.07) is 3.79. The number of carbonyl (C=O) groups is 1. The zero-order chi connectivity index (χ0) is 19.7. The summed E-state index contributed by atoms with van der Waals surface area (Å²) in [5.74, 6) is 0.603. The van der Waals surface area contributed by atoms with Crippen molar-refractivity contribution in [3.63, 3.8) is 0 Å². The lowest BCUT2D eigenvalue weighted by Crippen LogP contribution is -2.44. The molecule has 0 radical (unpaired) electrons. The van der Waals surface area contributed by atoms with Crippen LogP contribution in [0.3, 0.4) is 0 Å². The van der Waals surface area contributed by atoms with E-state index in [0.29, 0.717) is 11.4 Å². The Hall–Kier alpha value is -3.27. The number of rotatable bonds is 4. The molecule has 0 saturated carbocycles. The summed E-state index contributed by atoms with van der Waals surface area (Å²) >= 11 is 0. The van der Waals surface area contributed by atoms with E-state index in [9.17, 15) is 4.79 Å². The molecule has 10 nitrogen and oxygen atoms in total. The summed E-state index contributed by atoms with van der Waals surface area (Å²) in [5.41, 5.74) is 2.29. The zero-order valence-corrected chi connectivity index (χ0v) is 16.2. The second kappa shape index (κ2) is 7.39. The van der Waals surface area contributed by atoms with Gasteiger partial charge in [0.1, 0.15) is 11.5 Å². The van der Waals surface area contributed by atoms with Crippen molar-refractivity contribution in [3.05, 3.63) is 42.1 Å². The molecule has 4 heterocycles. The van der Waals surface area contributed by atoms with Gasteiger partial charge in [-0.2, -0.15) is 5.10 Å². The molecule has 3 aromatic rings. The molecule has 10 heteroatoms. The molecule has 4 rings (SSSR count). The van der Waals surface area contributed by atoms with Crippen molar-refractivity contribution in [2.75, 3.05) is 43.4 Å². The highest BCUT2D eigenvalue weighted by Gasteiger charge is 2.19. The van der Waals surface area contributed by atoms with Gasteiger partial charge in [0.25, 0.3) is 5.91 Å². The highest BCUT2D eigenvalue weighted by molar-refractivity contribution is 6.03. The van der Waals surface area contributed by atoms with E-state index >= 15 is 0 Å². The average Bonchev–Trinajstić information content (AvgIpc) is 3.28. The predicted molar refractivity (Wildman–Crippen MR) is 105 cm³/mol. The van der Waals surface area contributed by atoms with Crippen molar-refractivity contribution in [1.29, 1.82) is 0 Å². The third kappa shape index (κ3) is 3.58. The molecule has 0 bridgehead atoms. The molecule has 0 aromatic carbocycles. The smallest absolute Gasteiger partial charge is 0.278 e. The van der Waals surface area contributed by atoms with Gasteiger partial charge < -0.3 is 15.1 Å².